The van der Waals surface area contributed by atoms with Crippen molar-refractivity contribution in [1.29, 1.82) is 0 Å². The number of likely N-dealkylation sites (tertiary alicyclic amines) is 1. The Bertz CT molecular complexity index is 966. The molecule has 3 fully saturated rings. The van der Waals surface area contributed by atoms with E-state index >= 15 is 0 Å². The van der Waals surface area contributed by atoms with Crippen LogP contribution < -0.4 is 15.4 Å². The zero-order valence-corrected chi connectivity index (χ0v) is 19.4. The summed E-state index contributed by atoms with van der Waals surface area (Å²) >= 11 is 0. The van der Waals surface area contributed by atoms with E-state index in [0.29, 0.717) is 24.0 Å². The van der Waals surface area contributed by atoms with Crippen molar-refractivity contribution in [2.75, 3.05) is 32.1 Å². The Labute approximate surface area is 200 Å². The number of fused-ring (bicyclic) bond motifs is 2. The number of anilines is 1. The highest BCUT2D eigenvalue weighted by molar-refractivity contribution is 5.89. The molecule has 2 bridgehead atoms. The van der Waals surface area contributed by atoms with Crippen molar-refractivity contribution >= 4 is 11.7 Å². The average Bonchev–Trinajstić information content (AvgIpc) is 3.29. The van der Waals surface area contributed by atoms with Crippen LogP contribution in [0.1, 0.15) is 18.4 Å². The first-order chi connectivity index (χ1) is 16.6. The molecular weight excluding hydrogens is 434 g/mol. The van der Waals surface area contributed by atoms with Gasteiger partial charge in [0, 0.05) is 11.8 Å². The van der Waals surface area contributed by atoms with E-state index in [-0.39, 0.29) is 12.1 Å². The fraction of sp³-hybridized carbons (Fsp3) is 0.500. The predicted octanol–water partition coefficient (Wildman–Crippen LogP) is 2.62. The zero-order chi connectivity index (χ0) is 23.5. The van der Waals surface area contributed by atoms with Crippen LogP contribution in [0.5, 0.6) is 5.75 Å². The molecule has 182 valence electrons. The molecule has 3 aliphatic rings. The van der Waals surface area contributed by atoms with Gasteiger partial charge in [-0.2, -0.15) is 0 Å². The van der Waals surface area contributed by atoms with Crippen LogP contribution in [-0.4, -0.2) is 73.4 Å². The van der Waals surface area contributed by atoms with Crippen LogP contribution >= 0.6 is 0 Å². The fourth-order valence-electron chi connectivity index (χ4n) is 5.39. The van der Waals surface area contributed by atoms with Gasteiger partial charge in [0.05, 0.1) is 31.9 Å². The van der Waals surface area contributed by atoms with Gasteiger partial charge in [-0.15, -0.1) is 0 Å². The number of urea groups is 1. The molecule has 0 spiro atoms. The van der Waals surface area contributed by atoms with Gasteiger partial charge >= 0.3 is 6.03 Å². The molecule has 3 heterocycles. The van der Waals surface area contributed by atoms with E-state index in [1.165, 1.54) is 5.56 Å². The number of carbonyl (C=O) groups is 1. The van der Waals surface area contributed by atoms with E-state index in [1.807, 2.05) is 12.1 Å². The summed E-state index contributed by atoms with van der Waals surface area (Å²) in [5, 5.41) is 17.0. The standard InChI is InChI=1S/C26H33N3O5/c1-32-20-9-5-8-19(15-20)27-26(31)28-22-21-16-33-25(34-21)23(24(22)30)29-12-10-18(11-13-29)14-17-6-3-2-4-7-17/h2-9,15,18,21-25,30H,10-14,16H2,1H3,(H2,27,28,31)/t21-,22-,23+,24-,25+/m0/s1. The van der Waals surface area contributed by atoms with Gasteiger partial charge in [0.2, 0.25) is 0 Å². The molecule has 3 saturated heterocycles. The monoisotopic (exact) mass is 467 g/mol. The van der Waals surface area contributed by atoms with Crippen molar-refractivity contribution in [2.45, 2.75) is 49.8 Å². The number of aliphatic hydroxyl groups is 1. The van der Waals surface area contributed by atoms with E-state index in [4.69, 9.17) is 14.2 Å². The normalized spacial score (nSPS) is 29.5. The first-order valence-corrected chi connectivity index (χ1v) is 12.1. The number of hydrogen-bond acceptors (Lipinski definition) is 6. The number of nitrogens with one attached hydrogen (secondary N) is 2. The summed E-state index contributed by atoms with van der Waals surface area (Å²) in [6, 6.07) is 16.5. The van der Waals surface area contributed by atoms with Crippen LogP contribution in [0, 0.1) is 5.92 Å². The molecule has 8 heteroatoms. The zero-order valence-electron chi connectivity index (χ0n) is 19.4. The summed E-state index contributed by atoms with van der Waals surface area (Å²) in [6.07, 6.45) is 1.57. The maximum atomic E-state index is 12.7. The summed E-state index contributed by atoms with van der Waals surface area (Å²) in [5.41, 5.74) is 1.98. The minimum absolute atomic E-state index is 0.307. The van der Waals surface area contributed by atoms with E-state index < -0.39 is 24.5 Å². The van der Waals surface area contributed by atoms with Crippen molar-refractivity contribution in [2.24, 2.45) is 5.92 Å². The number of benzene rings is 2. The molecule has 5 atom stereocenters. The maximum absolute atomic E-state index is 12.7. The molecule has 2 amide bonds. The quantitative estimate of drug-likeness (QED) is 0.605. The molecule has 2 aromatic carbocycles. The highest BCUT2D eigenvalue weighted by Crippen LogP contribution is 2.34. The number of hydrogen-bond donors (Lipinski definition) is 3. The summed E-state index contributed by atoms with van der Waals surface area (Å²) in [6.45, 7) is 2.10. The lowest BCUT2D eigenvalue weighted by Gasteiger charge is -2.46. The van der Waals surface area contributed by atoms with Gasteiger partial charge in [-0.1, -0.05) is 36.4 Å². The Hall–Kier alpha value is -2.65. The van der Waals surface area contributed by atoms with Crippen molar-refractivity contribution in [1.82, 2.24) is 10.2 Å². The third-order valence-electron chi connectivity index (χ3n) is 7.19. The number of methoxy groups -OCH3 is 1. The lowest BCUT2D eigenvalue weighted by molar-refractivity contribution is -0.184. The van der Waals surface area contributed by atoms with Crippen LogP contribution in [0.25, 0.3) is 0 Å². The van der Waals surface area contributed by atoms with Gasteiger partial charge in [0.25, 0.3) is 0 Å². The number of piperidine rings is 1. The smallest absolute Gasteiger partial charge is 0.319 e. The van der Waals surface area contributed by atoms with Gasteiger partial charge in [-0.25, -0.2) is 4.79 Å². The number of amides is 2. The number of ether oxygens (including phenoxy) is 3. The van der Waals surface area contributed by atoms with Crippen LogP contribution in [0.3, 0.4) is 0 Å². The molecule has 0 saturated carbocycles. The highest BCUT2D eigenvalue weighted by Gasteiger charge is 2.52. The Morgan fingerprint density at radius 3 is 2.71 bits per heavy atom. The van der Waals surface area contributed by atoms with E-state index in [0.717, 1.165) is 32.4 Å². The molecule has 0 radical (unpaired) electrons. The van der Waals surface area contributed by atoms with Crippen LogP contribution in [0.15, 0.2) is 54.6 Å². The molecule has 8 nitrogen and oxygen atoms in total. The summed E-state index contributed by atoms with van der Waals surface area (Å²) in [7, 11) is 1.58. The van der Waals surface area contributed by atoms with Crippen molar-refractivity contribution < 1.29 is 24.1 Å². The lowest BCUT2D eigenvalue weighted by atomic mass is 9.87. The average molecular weight is 468 g/mol. The van der Waals surface area contributed by atoms with Gasteiger partial charge in [0.1, 0.15) is 11.9 Å². The third-order valence-corrected chi connectivity index (χ3v) is 7.19. The largest absolute Gasteiger partial charge is 0.497 e. The summed E-state index contributed by atoms with van der Waals surface area (Å²) in [5.74, 6) is 1.28. The van der Waals surface area contributed by atoms with Crippen LogP contribution in [0.4, 0.5) is 10.5 Å². The van der Waals surface area contributed by atoms with Crippen LogP contribution in [-0.2, 0) is 15.9 Å². The van der Waals surface area contributed by atoms with E-state index in [1.54, 1.807) is 25.3 Å². The molecular formula is C26H33N3O5. The number of nitrogens with zero attached hydrogens (tertiary/aromatic N) is 1. The third kappa shape index (κ3) is 5.05. The number of aliphatic hydroxyl groups excluding tert-OH is 1. The van der Waals surface area contributed by atoms with Crippen molar-refractivity contribution in [3.05, 3.63) is 60.2 Å². The summed E-state index contributed by atoms with van der Waals surface area (Å²) in [4.78, 5) is 15.0. The first kappa shape index (κ1) is 23.1. The number of carbonyl (C=O) groups excluding carboxylic acids is 1. The minimum Gasteiger partial charge on any atom is -0.497 e. The first-order valence-electron chi connectivity index (χ1n) is 12.1. The second kappa shape index (κ2) is 10.3. The molecule has 0 aliphatic carbocycles. The van der Waals surface area contributed by atoms with Gasteiger partial charge in [-0.05, 0) is 56.0 Å². The highest BCUT2D eigenvalue weighted by atomic mass is 16.7. The van der Waals surface area contributed by atoms with Crippen LogP contribution in [0.2, 0.25) is 0 Å². The van der Waals surface area contributed by atoms with E-state index in [9.17, 15) is 9.90 Å². The molecule has 0 aromatic heterocycles. The molecule has 34 heavy (non-hydrogen) atoms. The predicted molar refractivity (Wildman–Crippen MR) is 128 cm³/mol. The van der Waals surface area contributed by atoms with Gasteiger partial charge < -0.3 is 30.0 Å². The molecule has 5 rings (SSSR count). The summed E-state index contributed by atoms with van der Waals surface area (Å²) < 4.78 is 17.2. The van der Waals surface area contributed by atoms with Gasteiger partial charge in [0.15, 0.2) is 6.29 Å². The molecule has 2 aromatic rings. The second-order valence-corrected chi connectivity index (χ2v) is 9.38. The topological polar surface area (TPSA) is 92.3 Å². The van der Waals surface area contributed by atoms with E-state index in [2.05, 4.69) is 39.8 Å². The molecule has 3 N–H and O–H groups in total. The second-order valence-electron chi connectivity index (χ2n) is 9.38. The lowest BCUT2D eigenvalue weighted by Crippen LogP contribution is -2.66. The Balaban J connectivity index is 1.19. The number of rotatable bonds is 6. The Morgan fingerprint density at radius 2 is 1.94 bits per heavy atom. The Kier molecular flexibility index (Phi) is 7.01. The van der Waals surface area contributed by atoms with Gasteiger partial charge in [-0.3, -0.25) is 4.90 Å². The molecule has 3 aliphatic heterocycles. The van der Waals surface area contributed by atoms with Crippen molar-refractivity contribution in [3.63, 3.8) is 0 Å². The SMILES string of the molecule is COc1cccc(NC(=O)N[C@@H]2[C@H](O)[C@@H](N3CCC(Cc4ccccc4)CC3)[C@@H]3OC[C@@H]2O3)c1. The fourth-order valence-corrected chi connectivity index (χ4v) is 5.39. The Morgan fingerprint density at radius 1 is 1.15 bits per heavy atom. The molecule has 0 unspecified atom stereocenters. The van der Waals surface area contributed by atoms with Crippen molar-refractivity contribution in [3.8, 4) is 5.75 Å². The maximum Gasteiger partial charge on any atom is 0.319 e. The minimum atomic E-state index is -0.784.